The predicted molar refractivity (Wildman–Crippen MR) is 126 cm³/mol. The SMILES string of the molecule is O=C(Nc1cccc2ccccc12)N1CCN(c2nc(Cc3ccccc3)ns2)CC1. The lowest BCUT2D eigenvalue weighted by Crippen LogP contribution is -2.50. The van der Waals surface area contributed by atoms with Crippen LogP contribution in [0.25, 0.3) is 10.8 Å². The largest absolute Gasteiger partial charge is 0.343 e. The Labute approximate surface area is 185 Å². The molecule has 156 valence electrons. The number of hydrogen-bond donors (Lipinski definition) is 1. The first-order chi connectivity index (χ1) is 15.3. The lowest BCUT2D eigenvalue weighted by atomic mass is 10.1. The summed E-state index contributed by atoms with van der Waals surface area (Å²) >= 11 is 1.43. The average Bonchev–Trinajstić information content (AvgIpc) is 3.28. The Kier molecular flexibility index (Phi) is 5.50. The molecule has 2 heterocycles. The van der Waals surface area contributed by atoms with Crippen LogP contribution in [0.15, 0.2) is 72.8 Å². The summed E-state index contributed by atoms with van der Waals surface area (Å²) in [4.78, 5) is 21.6. The van der Waals surface area contributed by atoms with Gasteiger partial charge in [0.2, 0.25) is 5.13 Å². The highest BCUT2D eigenvalue weighted by atomic mass is 32.1. The maximum atomic E-state index is 12.8. The van der Waals surface area contributed by atoms with E-state index in [-0.39, 0.29) is 6.03 Å². The number of carbonyl (C=O) groups is 1. The highest BCUT2D eigenvalue weighted by Gasteiger charge is 2.23. The molecule has 1 aromatic heterocycles. The summed E-state index contributed by atoms with van der Waals surface area (Å²) in [5.74, 6) is 0.849. The summed E-state index contributed by atoms with van der Waals surface area (Å²) < 4.78 is 4.52. The maximum Gasteiger partial charge on any atom is 0.321 e. The molecule has 2 amide bonds. The van der Waals surface area contributed by atoms with Crippen LogP contribution in [0.3, 0.4) is 0 Å². The van der Waals surface area contributed by atoms with Gasteiger partial charge in [-0.1, -0.05) is 66.7 Å². The van der Waals surface area contributed by atoms with Crippen molar-refractivity contribution in [3.63, 3.8) is 0 Å². The second kappa shape index (κ2) is 8.73. The number of nitrogens with one attached hydrogen (secondary N) is 1. The lowest BCUT2D eigenvalue weighted by Gasteiger charge is -2.34. The number of hydrogen-bond acceptors (Lipinski definition) is 5. The topological polar surface area (TPSA) is 61.4 Å². The normalized spacial score (nSPS) is 14.1. The third-order valence-electron chi connectivity index (χ3n) is 5.53. The Morgan fingerprint density at radius 2 is 1.65 bits per heavy atom. The van der Waals surface area contributed by atoms with Crippen molar-refractivity contribution in [1.29, 1.82) is 0 Å². The number of nitrogens with zero attached hydrogens (tertiary/aromatic N) is 4. The van der Waals surface area contributed by atoms with Gasteiger partial charge in [0.15, 0.2) is 0 Å². The molecular weight excluding hydrogens is 406 g/mol. The van der Waals surface area contributed by atoms with Crippen molar-refractivity contribution in [2.75, 3.05) is 36.4 Å². The van der Waals surface area contributed by atoms with Gasteiger partial charge in [0.05, 0.1) is 5.69 Å². The highest BCUT2D eigenvalue weighted by Crippen LogP contribution is 2.24. The van der Waals surface area contributed by atoms with Crippen molar-refractivity contribution in [3.8, 4) is 0 Å². The smallest absolute Gasteiger partial charge is 0.321 e. The Bertz CT molecular complexity index is 1180. The Balaban J connectivity index is 1.19. The second-order valence-electron chi connectivity index (χ2n) is 7.59. The quantitative estimate of drug-likeness (QED) is 0.514. The van der Waals surface area contributed by atoms with Gasteiger partial charge in [0.25, 0.3) is 0 Å². The van der Waals surface area contributed by atoms with Crippen molar-refractivity contribution in [2.45, 2.75) is 6.42 Å². The van der Waals surface area contributed by atoms with E-state index in [2.05, 4.69) is 38.9 Å². The molecular formula is C24H23N5OS. The number of fused-ring (bicyclic) bond motifs is 1. The van der Waals surface area contributed by atoms with E-state index in [1.807, 2.05) is 53.4 Å². The van der Waals surface area contributed by atoms with Crippen LogP contribution in [-0.2, 0) is 6.42 Å². The molecule has 1 saturated heterocycles. The summed E-state index contributed by atoms with van der Waals surface area (Å²) in [6, 6.07) is 24.3. The van der Waals surface area contributed by atoms with Gasteiger partial charge in [-0.2, -0.15) is 4.37 Å². The molecule has 5 rings (SSSR count). The molecule has 0 unspecified atom stereocenters. The molecule has 0 bridgehead atoms. The molecule has 0 radical (unpaired) electrons. The molecule has 7 heteroatoms. The zero-order valence-corrected chi connectivity index (χ0v) is 17.9. The minimum absolute atomic E-state index is 0.0574. The molecule has 4 aromatic rings. The van der Waals surface area contributed by atoms with E-state index in [4.69, 9.17) is 4.98 Å². The van der Waals surface area contributed by atoms with Crippen molar-refractivity contribution >= 4 is 39.2 Å². The zero-order chi connectivity index (χ0) is 21.0. The van der Waals surface area contributed by atoms with Crippen LogP contribution in [0, 0.1) is 0 Å². The minimum Gasteiger partial charge on any atom is -0.343 e. The molecule has 0 spiro atoms. The van der Waals surface area contributed by atoms with E-state index >= 15 is 0 Å². The number of rotatable bonds is 4. The van der Waals surface area contributed by atoms with E-state index in [1.165, 1.54) is 17.1 Å². The first-order valence-corrected chi connectivity index (χ1v) is 11.2. The molecule has 0 aliphatic carbocycles. The molecule has 1 N–H and O–H groups in total. The number of benzene rings is 3. The van der Waals surface area contributed by atoms with E-state index in [1.54, 1.807) is 0 Å². The summed E-state index contributed by atoms with van der Waals surface area (Å²) in [5, 5.41) is 6.19. The molecule has 3 aromatic carbocycles. The van der Waals surface area contributed by atoms with Crippen molar-refractivity contribution < 1.29 is 4.79 Å². The number of aromatic nitrogens is 2. The highest BCUT2D eigenvalue weighted by molar-refractivity contribution is 7.09. The number of urea groups is 1. The number of carbonyl (C=O) groups excluding carboxylic acids is 1. The summed E-state index contributed by atoms with van der Waals surface area (Å²) in [5.41, 5.74) is 2.06. The minimum atomic E-state index is -0.0574. The molecule has 31 heavy (non-hydrogen) atoms. The van der Waals surface area contributed by atoms with Gasteiger partial charge in [-0.05, 0) is 17.0 Å². The molecule has 1 fully saturated rings. The van der Waals surface area contributed by atoms with Crippen LogP contribution in [0.4, 0.5) is 15.6 Å². The van der Waals surface area contributed by atoms with E-state index in [0.29, 0.717) is 13.1 Å². The van der Waals surface area contributed by atoms with Crippen molar-refractivity contribution in [2.24, 2.45) is 0 Å². The fraction of sp³-hybridized carbons (Fsp3) is 0.208. The molecule has 1 aliphatic heterocycles. The third kappa shape index (κ3) is 4.36. The first kappa shape index (κ1) is 19.5. The van der Waals surface area contributed by atoms with Gasteiger partial charge in [-0.3, -0.25) is 0 Å². The average molecular weight is 430 g/mol. The van der Waals surface area contributed by atoms with Gasteiger partial charge >= 0.3 is 6.03 Å². The fourth-order valence-corrected chi connectivity index (χ4v) is 4.59. The molecule has 6 nitrogen and oxygen atoms in total. The van der Waals surface area contributed by atoms with Gasteiger partial charge in [0.1, 0.15) is 5.82 Å². The van der Waals surface area contributed by atoms with E-state index in [0.717, 1.165) is 46.9 Å². The molecule has 0 saturated carbocycles. The van der Waals surface area contributed by atoms with Crippen molar-refractivity contribution in [1.82, 2.24) is 14.3 Å². The number of amides is 2. The van der Waals surface area contributed by atoms with Crippen molar-refractivity contribution in [3.05, 3.63) is 84.2 Å². The van der Waals surface area contributed by atoms with Crippen LogP contribution < -0.4 is 10.2 Å². The van der Waals surface area contributed by atoms with Crippen LogP contribution in [0.2, 0.25) is 0 Å². The molecule has 0 atom stereocenters. The second-order valence-corrected chi connectivity index (χ2v) is 8.32. The van der Waals surface area contributed by atoms with E-state index in [9.17, 15) is 4.79 Å². The Hall–Kier alpha value is -3.45. The van der Waals surface area contributed by atoms with Gasteiger partial charge in [-0.25, -0.2) is 9.78 Å². The summed E-state index contributed by atoms with van der Waals surface area (Å²) in [6.45, 7) is 2.82. The standard InChI is InChI=1S/C24H23N5OS/c30-23(25-21-12-6-10-19-9-4-5-11-20(19)21)28-13-15-29(16-14-28)24-26-22(27-31-24)17-18-7-2-1-3-8-18/h1-12H,13-17H2,(H,25,30). The Morgan fingerprint density at radius 1 is 0.903 bits per heavy atom. The predicted octanol–water partition coefficient (Wildman–Crippen LogP) is 4.64. The summed E-state index contributed by atoms with van der Waals surface area (Å²) in [7, 11) is 0. The zero-order valence-electron chi connectivity index (χ0n) is 17.1. The Morgan fingerprint density at radius 3 is 2.48 bits per heavy atom. The third-order valence-corrected chi connectivity index (χ3v) is 6.35. The van der Waals surface area contributed by atoms with Crippen LogP contribution in [-0.4, -0.2) is 46.5 Å². The maximum absolute atomic E-state index is 12.8. The van der Waals surface area contributed by atoms with Gasteiger partial charge in [0, 0.05) is 49.5 Å². The van der Waals surface area contributed by atoms with Crippen LogP contribution >= 0.6 is 11.5 Å². The monoisotopic (exact) mass is 429 g/mol. The van der Waals surface area contributed by atoms with Gasteiger partial charge in [-0.15, -0.1) is 0 Å². The van der Waals surface area contributed by atoms with Crippen LogP contribution in [0.5, 0.6) is 0 Å². The lowest BCUT2D eigenvalue weighted by molar-refractivity contribution is 0.208. The number of anilines is 2. The van der Waals surface area contributed by atoms with Crippen LogP contribution in [0.1, 0.15) is 11.4 Å². The first-order valence-electron chi connectivity index (χ1n) is 10.4. The number of piperazine rings is 1. The van der Waals surface area contributed by atoms with Gasteiger partial charge < -0.3 is 15.1 Å². The summed E-state index contributed by atoms with van der Waals surface area (Å²) in [6.07, 6.45) is 0.741. The van der Waals surface area contributed by atoms with E-state index < -0.39 is 0 Å². The fourth-order valence-electron chi connectivity index (χ4n) is 3.85. The molecule has 1 aliphatic rings.